The maximum absolute atomic E-state index is 3.55. The van der Waals surface area contributed by atoms with Crippen LogP contribution >= 0.6 is 41.2 Å². The summed E-state index contributed by atoms with van der Waals surface area (Å²) >= 11 is 0. The normalized spacial score (nSPS) is 8.50. The smallest absolute Gasteiger partial charge is 0.00843 e. The van der Waals surface area contributed by atoms with Crippen LogP contribution in [0, 0.1) is 0 Å². The summed E-state index contributed by atoms with van der Waals surface area (Å²) in [5.41, 5.74) is 0. The Morgan fingerprint density at radius 1 is 0.875 bits per heavy atom. The van der Waals surface area contributed by atoms with Gasteiger partial charge in [0, 0.05) is 0 Å². The van der Waals surface area contributed by atoms with E-state index in [4.69, 9.17) is 0 Å². The first kappa shape index (κ1) is 8.88. The average molecular weight is 182 g/mol. The van der Waals surface area contributed by atoms with Crippen molar-refractivity contribution in [2.24, 2.45) is 0 Å². The van der Waals surface area contributed by atoms with Gasteiger partial charge in [-0.3, -0.25) is 0 Å². The van der Waals surface area contributed by atoms with Gasteiger partial charge >= 0.3 is 0 Å². The van der Waals surface area contributed by atoms with E-state index in [2.05, 4.69) is 13.2 Å². The first-order valence-electron chi connectivity index (χ1n) is 1.79. The molecule has 0 unspecified atom stereocenters. The highest BCUT2D eigenvalue weighted by Gasteiger charge is 1.81. The molecule has 0 amide bonds. The molecule has 0 aliphatic rings. The Morgan fingerprint density at radius 3 is 1.50 bits per heavy atom. The standard InChI is InChI=1S/C4H6S4/c1-3-5-7-8-6-4-2/h3-4H,1-2H2. The SMILES string of the molecule is C=CSSSSC=C. The molecule has 4 heteroatoms. The summed E-state index contributed by atoms with van der Waals surface area (Å²) in [6.07, 6.45) is 0. The molecule has 0 N–H and O–H groups in total. The van der Waals surface area contributed by atoms with Gasteiger partial charge in [0.05, 0.1) is 0 Å². The van der Waals surface area contributed by atoms with Crippen LogP contribution in [0.25, 0.3) is 0 Å². The van der Waals surface area contributed by atoms with E-state index in [0.717, 1.165) is 0 Å². The molecule has 0 fully saturated rings. The maximum Gasteiger partial charge on any atom is -0.00843 e. The van der Waals surface area contributed by atoms with Gasteiger partial charge in [-0.15, -0.1) is 0 Å². The fourth-order valence-electron chi connectivity index (χ4n) is 0.0876. The molecule has 46 valence electrons. The summed E-state index contributed by atoms with van der Waals surface area (Å²) in [6.45, 7) is 7.10. The molecule has 0 radical (unpaired) electrons. The van der Waals surface area contributed by atoms with Crippen LogP contribution in [-0.2, 0) is 0 Å². The van der Waals surface area contributed by atoms with Gasteiger partial charge in [-0.05, 0) is 30.5 Å². The molecule has 8 heavy (non-hydrogen) atoms. The van der Waals surface area contributed by atoms with Gasteiger partial charge in [-0.1, -0.05) is 34.7 Å². The molecule has 0 atom stereocenters. The highest BCUT2D eigenvalue weighted by molar-refractivity contribution is 9.26. The van der Waals surface area contributed by atoms with Crippen LogP contribution in [0.1, 0.15) is 0 Å². The van der Waals surface area contributed by atoms with Crippen LogP contribution in [0.2, 0.25) is 0 Å². The number of hydrogen-bond donors (Lipinski definition) is 0. The fraction of sp³-hybridized carbons (Fsp3) is 0. The minimum absolute atomic E-state index is 1.62. The van der Waals surface area contributed by atoms with Crippen LogP contribution in [-0.4, -0.2) is 0 Å². The second kappa shape index (κ2) is 7.88. The predicted molar refractivity (Wildman–Crippen MR) is 50.8 cm³/mol. The lowest BCUT2D eigenvalue weighted by molar-refractivity contribution is 2.69. The molecule has 0 heterocycles. The third kappa shape index (κ3) is 6.88. The maximum atomic E-state index is 3.55. The fourth-order valence-corrected chi connectivity index (χ4v) is 4.10. The second-order valence-electron chi connectivity index (χ2n) is 0.662. The van der Waals surface area contributed by atoms with E-state index in [1.54, 1.807) is 52.1 Å². The first-order valence-corrected chi connectivity index (χ1v) is 6.73. The summed E-state index contributed by atoms with van der Waals surface area (Å²) in [6, 6.07) is 0. The largest absolute Gasteiger partial charge is 0.0918 e. The molecular formula is C4H6S4. The monoisotopic (exact) mass is 182 g/mol. The lowest BCUT2D eigenvalue weighted by atomic mass is 11.3. The average Bonchev–Trinajstić information content (AvgIpc) is 1.81. The van der Waals surface area contributed by atoms with Crippen molar-refractivity contribution >= 4 is 41.2 Å². The van der Waals surface area contributed by atoms with Gasteiger partial charge in [0.1, 0.15) is 0 Å². The minimum Gasteiger partial charge on any atom is -0.0918 e. The zero-order valence-electron chi connectivity index (χ0n) is 4.20. The second-order valence-corrected chi connectivity index (χ2v) is 6.41. The van der Waals surface area contributed by atoms with Crippen LogP contribution in [0.5, 0.6) is 0 Å². The summed E-state index contributed by atoms with van der Waals surface area (Å²) < 4.78 is 0. The van der Waals surface area contributed by atoms with Crippen molar-refractivity contribution in [2.75, 3.05) is 0 Å². The van der Waals surface area contributed by atoms with Gasteiger partial charge < -0.3 is 0 Å². The topological polar surface area (TPSA) is 0 Å². The summed E-state index contributed by atoms with van der Waals surface area (Å²) in [4.78, 5) is 0. The van der Waals surface area contributed by atoms with Gasteiger partial charge in [0.25, 0.3) is 0 Å². The van der Waals surface area contributed by atoms with Crippen molar-refractivity contribution in [1.29, 1.82) is 0 Å². The molecule has 0 spiro atoms. The molecule has 0 aromatic heterocycles. The minimum atomic E-state index is 1.62. The van der Waals surface area contributed by atoms with E-state index in [1.165, 1.54) is 0 Å². The Morgan fingerprint density at radius 2 is 1.25 bits per heavy atom. The van der Waals surface area contributed by atoms with Crippen molar-refractivity contribution in [1.82, 2.24) is 0 Å². The molecule has 0 bridgehead atoms. The molecule has 0 nitrogen and oxygen atoms in total. The van der Waals surface area contributed by atoms with Crippen molar-refractivity contribution in [2.45, 2.75) is 0 Å². The lowest BCUT2D eigenvalue weighted by Crippen LogP contribution is -1.30. The van der Waals surface area contributed by atoms with Gasteiger partial charge in [0.2, 0.25) is 0 Å². The van der Waals surface area contributed by atoms with Crippen LogP contribution < -0.4 is 0 Å². The summed E-state index contributed by atoms with van der Waals surface area (Å²) in [5.74, 6) is 0. The third-order valence-electron chi connectivity index (χ3n) is 0.242. The van der Waals surface area contributed by atoms with Crippen molar-refractivity contribution in [3.8, 4) is 0 Å². The molecular weight excluding hydrogens is 176 g/mol. The van der Waals surface area contributed by atoms with Gasteiger partial charge in [-0.25, -0.2) is 0 Å². The Hall–Kier alpha value is 0.880. The molecule has 0 aromatic carbocycles. The molecule has 0 aliphatic carbocycles. The van der Waals surface area contributed by atoms with E-state index in [1.807, 2.05) is 0 Å². The Balaban J connectivity index is 2.71. The molecule has 0 aromatic rings. The Labute approximate surface area is 65.1 Å². The number of rotatable bonds is 5. The molecule has 0 saturated carbocycles. The highest BCUT2D eigenvalue weighted by atomic mass is 33.7. The Kier molecular flexibility index (Phi) is 8.75. The highest BCUT2D eigenvalue weighted by Crippen LogP contribution is 2.43. The van der Waals surface area contributed by atoms with E-state index in [9.17, 15) is 0 Å². The van der Waals surface area contributed by atoms with E-state index < -0.39 is 0 Å². The van der Waals surface area contributed by atoms with Crippen molar-refractivity contribution < 1.29 is 0 Å². The predicted octanol–water partition coefficient (Wildman–Crippen LogP) is 3.95. The van der Waals surface area contributed by atoms with Crippen LogP contribution in [0.3, 0.4) is 0 Å². The zero-order valence-corrected chi connectivity index (χ0v) is 7.47. The quantitative estimate of drug-likeness (QED) is 0.466. The Bertz CT molecular complexity index is 60.4. The molecule has 0 saturated heterocycles. The van der Waals surface area contributed by atoms with E-state index >= 15 is 0 Å². The van der Waals surface area contributed by atoms with Crippen molar-refractivity contribution in [3.63, 3.8) is 0 Å². The summed E-state index contributed by atoms with van der Waals surface area (Å²) in [7, 11) is 6.62. The van der Waals surface area contributed by atoms with Crippen molar-refractivity contribution in [3.05, 3.63) is 24.0 Å². The third-order valence-corrected chi connectivity index (χ3v) is 5.60. The molecule has 0 rings (SSSR count). The van der Waals surface area contributed by atoms with Crippen LogP contribution in [0.4, 0.5) is 0 Å². The molecule has 0 aliphatic heterocycles. The number of hydrogen-bond acceptors (Lipinski definition) is 4. The summed E-state index contributed by atoms with van der Waals surface area (Å²) in [5, 5.41) is 3.61. The van der Waals surface area contributed by atoms with Gasteiger partial charge in [0.15, 0.2) is 0 Å². The van der Waals surface area contributed by atoms with Gasteiger partial charge in [-0.2, -0.15) is 0 Å². The first-order chi connectivity index (χ1) is 3.91. The van der Waals surface area contributed by atoms with Crippen LogP contribution in [0.15, 0.2) is 24.0 Å². The van der Waals surface area contributed by atoms with E-state index in [-0.39, 0.29) is 0 Å². The zero-order chi connectivity index (χ0) is 6.24. The lowest BCUT2D eigenvalue weighted by Gasteiger charge is -1.86. The van der Waals surface area contributed by atoms with E-state index in [0.29, 0.717) is 0 Å².